The molecule has 1 fully saturated rings. The average molecular weight is 500 g/mol. The zero-order valence-corrected chi connectivity index (χ0v) is 21.8. The maximum atomic E-state index is 13.4. The Morgan fingerprint density at radius 1 is 1.14 bits per heavy atom. The molecule has 0 atom stereocenters. The van der Waals surface area contributed by atoms with E-state index in [1.54, 1.807) is 34.6 Å². The van der Waals surface area contributed by atoms with Crippen LogP contribution in [0.4, 0.5) is 4.79 Å². The van der Waals surface area contributed by atoms with Crippen LogP contribution in [0.5, 0.6) is 0 Å². The number of aromatic nitrogens is 4. The van der Waals surface area contributed by atoms with Crippen LogP contribution in [0.3, 0.4) is 0 Å². The zero-order chi connectivity index (χ0) is 25.2. The Kier molecular flexibility index (Phi) is 7.21. The summed E-state index contributed by atoms with van der Waals surface area (Å²) in [6, 6.07) is 7.60. The van der Waals surface area contributed by atoms with Gasteiger partial charge in [-0.25, -0.2) is 9.78 Å². The molecule has 1 aromatic carbocycles. The molecule has 1 N–H and O–H groups in total. The lowest BCUT2D eigenvalue weighted by atomic mass is 9.95. The third kappa shape index (κ3) is 6.04. The molecule has 35 heavy (non-hydrogen) atoms. The zero-order valence-electron chi connectivity index (χ0n) is 21.0. The van der Waals surface area contributed by atoms with Gasteiger partial charge in [-0.15, -0.1) is 0 Å². The lowest BCUT2D eigenvalue weighted by Crippen LogP contribution is -2.44. The minimum atomic E-state index is -0.889. The fourth-order valence-corrected chi connectivity index (χ4v) is 5.10. The van der Waals surface area contributed by atoms with E-state index < -0.39 is 17.2 Å². The van der Waals surface area contributed by atoms with Crippen LogP contribution in [0.2, 0.25) is 0 Å². The van der Waals surface area contributed by atoms with Gasteiger partial charge in [0.15, 0.2) is 11.0 Å². The van der Waals surface area contributed by atoms with Gasteiger partial charge in [-0.2, -0.15) is 4.98 Å². The lowest BCUT2D eigenvalue weighted by Gasteiger charge is -2.26. The Morgan fingerprint density at radius 3 is 2.57 bits per heavy atom. The first-order valence-corrected chi connectivity index (χ1v) is 13.0. The molecule has 3 aromatic rings. The molecule has 188 valence electrons. The van der Waals surface area contributed by atoms with Crippen LogP contribution >= 0.6 is 11.8 Å². The molecule has 1 aliphatic rings. The van der Waals surface area contributed by atoms with Gasteiger partial charge in [0.25, 0.3) is 5.56 Å². The molecular formula is C25H33N5O4S. The van der Waals surface area contributed by atoms with E-state index in [0.717, 1.165) is 25.7 Å². The Hall–Kier alpha value is -2.88. The summed E-state index contributed by atoms with van der Waals surface area (Å²) in [5.41, 5.74) is -0.819. The van der Waals surface area contributed by atoms with Gasteiger partial charge < -0.3 is 14.6 Å². The molecule has 0 aliphatic heterocycles. The van der Waals surface area contributed by atoms with E-state index in [0.29, 0.717) is 33.5 Å². The van der Waals surface area contributed by atoms with Crippen molar-refractivity contribution in [1.29, 1.82) is 0 Å². The number of fused-ring (bicyclic) bond motifs is 1. The first-order chi connectivity index (χ1) is 16.5. The van der Waals surface area contributed by atoms with E-state index in [9.17, 15) is 9.59 Å². The number of benzene rings is 1. The molecule has 0 saturated heterocycles. The van der Waals surface area contributed by atoms with Crippen molar-refractivity contribution in [3.63, 3.8) is 0 Å². The molecule has 4 rings (SSSR count). The number of alkyl carbamates (subject to hydrolysis) is 1. The third-order valence-corrected chi connectivity index (χ3v) is 6.82. The van der Waals surface area contributed by atoms with Crippen LogP contribution in [-0.4, -0.2) is 31.4 Å². The Bertz CT molecular complexity index is 1250. The van der Waals surface area contributed by atoms with Crippen molar-refractivity contribution in [2.24, 2.45) is 0 Å². The van der Waals surface area contributed by atoms with E-state index in [-0.39, 0.29) is 11.6 Å². The van der Waals surface area contributed by atoms with Crippen LogP contribution in [0, 0.1) is 0 Å². The Balaban J connectivity index is 1.54. The number of carbonyl (C=O) groups is 1. The summed E-state index contributed by atoms with van der Waals surface area (Å²) in [4.78, 5) is 34.9. The SMILES string of the molecule is CC(C)(C)OC(=O)NC(C)(C)c1noc(CSc2nc3ccccc3c(=O)n2C2CCCCC2)n1. The summed E-state index contributed by atoms with van der Waals surface area (Å²) in [7, 11) is 0. The molecular weight excluding hydrogens is 466 g/mol. The number of nitrogens with zero attached hydrogens (tertiary/aromatic N) is 4. The van der Waals surface area contributed by atoms with Crippen molar-refractivity contribution in [1.82, 2.24) is 25.0 Å². The largest absolute Gasteiger partial charge is 0.444 e. The van der Waals surface area contributed by atoms with Crippen LogP contribution in [-0.2, 0) is 16.0 Å². The number of carbonyl (C=O) groups excluding carboxylic acids is 1. The fourth-order valence-electron chi connectivity index (χ4n) is 4.20. The van der Waals surface area contributed by atoms with Crippen molar-refractivity contribution in [3.05, 3.63) is 46.3 Å². The van der Waals surface area contributed by atoms with Crippen molar-refractivity contribution in [2.45, 2.75) is 94.8 Å². The quantitative estimate of drug-likeness (QED) is 0.357. The van der Waals surface area contributed by atoms with E-state index >= 15 is 0 Å². The van der Waals surface area contributed by atoms with Crippen molar-refractivity contribution in [2.75, 3.05) is 0 Å². The monoisotopic (exact) mass is 499 g/mol. The van der Waals surface area contributed by atoms with E-state index in [2.05, 4.69) is 15.5 Å². The average Bonchev–Trinajstić information content (AvgIpc) is 3.27. The topological polar surface area (TPSA) is 112 Å². The first-order valence-electron chi connectivity index (χ1n) is 12.0. The molecule has 0 radical (unpaired) electrons. The van der Waals surface area contributed by atoms with Gasteiger partial charge in [0, 0.05) is 6.04 Å². The number of nitrogens with one attached hydrogen (secondary N) is 1. The number of amides is 1. The molecule has 2 aromatic heterocycles. The van der Waals surface area contributed by atoms with Crippen LogP contribution in [0.15, 0.2) is 38.7 Å². The van der Waals surface area contributed by atoms with E-state index in [1.807, 2.05) is 28.8 Å². The number of rotatable bonds is 6. The van der Waals surface area contributed by atoms with E-state index in [4.69, 9.17) is 14.2 Å². The molecule has 10 heteroatoms. The van der Waals surface area contributed by atoms with Crippen LogP contribution in [0.1, 0.15) is 84.5 Å². The number of hydrogen-bond acceptors (Lipinski definition) is 8. The van der Waals surface area contributed by atoms with Crippen molar-refractivity contribution < 1.29 is 14.1 Å². The number of ether oxygens (including phenoxy) is 1. The van der Waals surface area contributed by atoms with Crippen molar-refractivity contribution >= 4 is 28.8 Å². The lowest BCUT2D eigenvalue weighted by molar-refractivity contribution is 0.0465. The highest BCUT2D eigenvalue weighted by Crippen LogP contribution is 2.32. The molecule has 1 aliphatic carbocycles. The molecule has 2 heterocycles. The van der Waals surface area contributed by atoms with Gasteiger partial charge in [-0.3, -0.25) is 9.36 Å². The molecule has 0 unspecified atom stereocenters. The first kappa shape index (κ1) is 25.2. The summed E-state index contributed by atoms with van der Waals surface area (Å²) >= 11 is 1.41. The summed E-state index contributed by atoms with van der Waals surface area (Å²) in [6.45, 7) is 8.97. The smallest absolute Gasteiger partial charge is 0.408 e. The second-order valence-corrected chi connectivity index (χ2v) is 11.4. The number of thioether (sulfide) groups is 1. The molecule has 1 saturated carbocycles. The van der Waals surface area contributed by atoms with Crippen LogP contribution in [0.25, 0.3) is 10.9 Å². The third-order valence-electron chi connectivity index (χ3n) is 5.88. The summed E-state index contributed by atoms with van der Waals surface area (Å²) in [5.74, 6) is 1.09. The maximum Gasteiger partial charge on any atom is 0.408 e. The van der Waals surface area contributed by atoms with Gasteiger partial charge in [0.1, 0.15) is 11.1 Å². The summed E-state index contributed by atoms with van der Waals surface area (Å²) < 4.78 is 12.7. The highest BCUT2D eigenvalue weighted by molar-refractivity contribution is 7.98. The molecule has 1 amide bonds. The second kappa shape index (κ2) is 10.0. The second-order valence-electron chi connectivity index (χ2n) is 10.4. The summed E-state index contributed by atoms with van der Waals surface area (Å²) in [5, 5.41) is 8.15. The van der Waals surface area contributed by atoms with E-state index in [1.165, 1.54) is 18.2 Å². The number of hydrogen-bond donors (Lipinski definition) is 1. The highest BCUT2D eigenvalue weighted by Gasteiger charge is 2.31. The molecule has 9 nitrogen and oxygen atoms in total. The Labute approximate surface area is 209 Å². The van der Waals surface area contributed by atoms with Gasteiger partial charge >= 0.3 is 6.09 Å². The van der Waals surface area contributed by atoms with Gasteiger partial charge in [0.05, 0.1) is 16.7 Å². The van der Waals surface area contributed by atoms with Gasteiger partial charge in [-0.05, 0) is 59.6 Å². The van der Waals surface area contributed by atoms with Crippen LogP contribution < -0.4 is 10.9 Å². The Morgan fingerprint density at radius 2 is 1.86 bits per heavy atom. The molecule has 0 spiro atoms. The standard InChI is InChI=1S/C25H33N5O4S/c1-24(2,3)33-23(32)28-25(4,5)21-27-19(34-29-21)15-35-22-26-18-14-10-9-13-17(18)20(31)30(22)16-11-7-6-8-12-16/h9-10,13-14,16H,6-8,11-12,15H2,1-5H3,(H,28,32). The predicted octanol–water partition coefficient (Wildman–Crippen LogP) is 5.34. The molecule has 0 bridgehead atoms. The van der Waals surface area contributed by atoms with Gasteiger partial charge in [0.2, 0.25) is 5.89 Å². The normalized spacial score (nSPS) is 15.3. The maximum absolute atomic E-state index is 13.4. The predicted molar refractivity (Wildman–Crippen MR) is 134 cm³/mol. The van der Waals surface area contributed by atoms with Crippen molar-refractivity contribution in [3.8, 4) is 0 Å². The number of para-hydroxylation sites is 1. The fraction of sp³-hybridized carbons (Fsp3) is 0.560. The summed E-state index contributed by atoms with van der Waals surface area (Å²) in [6.07, 6.45) is 4.82. The minimum Gasteiger partial charge on any atom is -0.444 e. The highest BCUT2D eigenvalue weighted by atomic mass is 32.2. The minimum absolute atomic E-state index is 0.00101. The van der Waals surface area contributed by atoms with Gasteiger partial charge in [-0.1, -0.05) is 48.3 Å².